The molecule has 0 unspecified atom stereocenters. The summed E-state index contributed by atoms with van der Waals surface area (Å²) in [5, 5.41) is 9.45. The van der Waals surface area contributed by atoms with Gasteiger partial charge >= 0.3 is 0 Å². The number of carbonyl (C=O) groups is 2. The van der Waals surface area contributed by atoms with Gasteiger partial charge in [-0.3, -0.25) is 9.59 Å². The van der Waals surface area contributed by atoms with Gasteiger partial charge in [0.15, 0.2) is 5.82 Å². The maximum absolute atomic E-state index is 13.3. The first-order valence-electron chi connectivity index (χ1n) is 12.9. The second kappa shape index (κ2) is 12.7. The Morgan fingerprint density at radius 1 is 0.946 bits per heavy atom. The Morgan fingerprint density at radius 3 is 2.38 bits per heavy atom. The molecule has 194 valence electrons. The van der Waals surface area contributed by atoms with E-state index in [1.54, 1.807) is 29.2 Å². The summed E-state index contributed by atoms with van der Waals surface area (Å²) in [5.41, 5.74) is 2.41. The van der Waals surface area contributed by atoms with E-state index in [2.05, 4.69) is 28.9 Å². The number of hydrogen-bond acceptors (Lipinski definition) is 5. The van der Waals surface area contributed by atoms with Crippen LogP contribution in [0, 0.1) is 5.92 Å². The van der Waals surface area contributed by atoms with Gasteiger partial charge in [0.2, 0.25) is 5.91 Å². The Hall–Kier alpha value is -3.45. The molecular weight excluding hydrogens is 486 g/mol. The molecule has 8 heteroatoms. The van der Waals surface area contributed by atoms with Crippen LogP contribution < -0.4 is 4.90 Å². The average molecular weight is 520 g/mol. The fraction of sp³-hybridized carbons (Fsp3) is 0.379. The Kier molecular flexibility index (Phi) is 9.12. The molecule has 1 aliphatic heterocycles. The van der Waals surface area contributed by atoms with Crippen LogP contribution in [0.4, 0.5) is 5.82 Å². The van der Waals surface area contributed by atoms with Gasteiger partial charge in [0.05, 0.1) is 5.69 Å². The molecule has 1 aromatic heterocycles. The Morgan fingerprint density at radius 2 is 1.70 bits per heavy atom. The van der Waals surface area contributed by atoms with Crippen molar-refractivity contribution in [2.75, 3.05) is 44.2 Å². The molecule has 4 rings (SSSR count). The molecule has 0 saturated carbocycles. The van der Waals surface area contributed by atoms with Crippen molar-refractivity contribution in [2.24, 2.45) is 5.92 Å². The summed E-state index contributed by atoms with van der Waals surface area (Å²) in [4.78, 5) is 32.3. The van der Waals surface area contributed by atoms with Crippen LogP contribution in [0.5, 0.6) is 0 Å². The first kappa shape index (κ1) is 26.6. The van der Waals surface area contributed by atoms with E-state index in [0.717, 1.165) is 36.5 Å². The predicted molar refractivity (Wildman–Crippen MR) is 148 cm³/mol. The normalized spacial score (nSPS) is 14.7. The number of halogens is 1. The molecular formula is C29H34ClN5O2. The van der Waals surface area contributed by atoms with Crippen LogP contribution in [0.1, 0.15) is 37.0 Å². The molecule has 1 saturated heterocycles. The highest BCUT2D eigenvalue weighted by Crippen LogP contribution is 2.20. The molecule has 0 N–H and O–H groups in total. The number of aromatic nitrogens is 2. The molecule has 0 radical (unpaired) electrons. The number of benzene rings is 2. The van der Waals surface area contributed by atoms with Gasteiger partial charge in [0.1, 0.15) is 6.54 Å². The van der Waals surface area contributed by atoms with E-state index in [-0.39, 0.29) is 18.4 Å². The zero-order valence-electron chi connectivity index (χ0n) is 21.5. The van der Waals surface area contributed by atoms with Gasteiger partial charge in [-0.25, -0.2) is 0 Å². The fourth-order valence-electron chi connectivity index (χ4n) is 4.42. The van der Waals surface area contributed by atoms with E-state index in [1.807, 2.05) is 47.4 Å². The van der Waals surface area contributed by atoms with Crippen LogP contribution in [-0.2, 0) is 4.79 Å². The number of amides is 2. The van der Waals surface area contributed by atoms with Crippen LogP contribution in [-0.4, -0.2) is 71.1 Å². The molecule has 2 aromatic carbocycles. The highest BCUT2D eigenvalue weighted by molar-refractivity contribution is 6.30. The average Bonchev–Trinajstić information content (AvgIpc) is 3.20. The summed E-state index contributed by atoms with van der Waals surface area (Å²) in [6.45, 7) is 7.48. The van der Waals surface area contributed by atoms with Gasteiger partial charge in [0.25, 0.3) is 5.91 Å². The number of nitrogens with zero attached hydrogens (tertiary/aromatic N) is 5. The highest BCUT2D eigenvalue weighted by atomic mass is 35.5. The van der Waals surface area contributed by atoms with Crippen LogP contribution in [0.25, 0.3) is 11.3 Å². The van der Waals surface area contributed by atoms with E-state index in [0.29, 0.717) is 42.7 Å². The van der Waals surface area contributed by atoms with Crippen molar-refractivity contribution in [2.45, 2.75) is 26.7 Å². The van der Waals surface area contributed by atoms with Crippen molar-refractivity contribution in [3.63, 3.8) is 0 Å². The number of anilines is 1. The van der Waals surface area contributed by atoms with E-state index in [4.69, 9.17) is 11.6 Å². The smallest absolute Gasteiger partial charge is 0.254 e. The molecule has 1 fully saturated rings. The van der Waals surface area contributed by atoms with Gasteiger partial charge in [-0.1, -0.05) is 62.2 Å². The predicted octanol–water partition coefficient (Wildman–Crippen LogP) is 5.02. The number of hydrogen-bond donors (Lipinski definition) is 0. The van der Waals surface area contributed by atoms with E-state index >= 15 is 0 Å². The molecule has 1 atom stereocenters. The van der Waals surface area contributed by atoms with Crippen molar-refractivity contribution in [1.82, 2.24) is 20.0 Å². The molecule has 2 amide bonds. The molecule has 0 aliphatic carbocycles. The van der Waals surface area contributed by atoms with Crippen molar-refractivity contribution in [3.8, 4) is 11.3 Å². The second-order valence-electron chi connectivity index (χ2n) is 9.57. The summed E-state index contributed by atoms with van der Waals surface area (Å²) in [6, 6.07) is 20.8. The van der Waals surface area contributed by atoms with E-state index < -0.39 is 0 Å². The van der Waals surface area contributed by atoms with Crippen molar-refractivity contribution in [1.29, 1.82) is 0 Å². The third-order valence-electron chi connectivity index (χ3n) is 6.83. The van der Waals surface area contributed by atoms with Crippen molar-refractivity contribution < 1.29 is 9.59 Å². The zero-order valence-corrected chi connectivity index (χ0v) is 22.3. The lowest BCUT2D eigenvalue weighted by atomic mass is 10.1. The minimum Gasteiger partial charge on any atom is -0.353 e. The number of carbonyl (C=O) groups excluding carboxylic acids is 2. The summed E-state index contributed by atoms with van der Waals surface area (Å²) in [5.74, 6) is 0.930. The SMILES string of the molecule is CC[C@H](C)CN(CC(=O)N1CCCN(c2ccc(-c3ccccc3)nn2)CC1)C(=O)c1ccc(Cl)cc1. The molecule has 2 heterocycles. The standard InChI is InChI=1S/C29H34ClN5O2/c1-3-22(2)20-35(29(37)24-10-12-25(30)13-11-24)21-28(36)34-17-7-16-33(18-19-34)27-15-14-26(31-32-27)23-8-5-4-6-9-23/h4-6,8-15,22H,3,7,16-21H2,1-2H3/t22-/m0/s1. The van der Waals surface area contributed by atoms with E-state index in [1.165, 1.54) is 0 Å². The monoisotopic (exact) mass is 519 g/mol. The quantitative estimate of drug-likeness (QED) is 0.418. The summed E-state index contributed by atoms with van der Waals surface area (Å²) in [6.07, 6.45) is 1.76. The zero-order chi connectivity index (χ0) is 26.2. The van der Waals surface area contributed by atoms with Gasteiger partial charge in [-0.15, -0.1) is 10.2 Å². The summed E-state index contributed by atoms with van der Waals surface area (Å²) < 4.78 is 0. The minimum atomic E-state index is -0.143. The largest absolute Gasteiger partial charge is 0.353 e. The van der Waals surface area contributed by atoms with Crippen molar-refractivity contribution >= 4 is 29.2 Å². The van der Waals surface area contributed by atoms with Gasteiger partial charge in [-0.05, 0) is 48.7 Å². The molecule has 0 bridgehead atoms. The maximum Gasteiger partial charge on any atom is 0.254 e. The van der Waals surface area contributed by atoms with Gasteiger partial charge in [0, 0.05) is 48.9 Å². The third kappa shape index (κ3) is 7.07. The molecule has 3 aromatic rings. The topological polar surface area (TPSA) is 69.6 Å². The number of rotatable bonds is 8. The first-order chi connectivity index (χ1) is 17.9. The lowest BCUT2D eigenvalue weighted by molar-refractivity contribution is -0.131. The Balaban J connectivity index is 1.39. The third-order valence-corrected chi connectivity index (χ3v) is 7.08. The summed E-state index contributed by atoms with van der Waals surface area (Å²) >= 11 is 6.00. The van der Waals surface area contributed by atoms with Crippen molar-refractivity contribution in [3.05, 3.63) is 77.3 Å². The van der Waals surface area contributed by atoms with Gasteiger partial charge in [-0.2, -0.15) is 0 Å². The second-order valence-corrected chi connectivity index (χ2v) is 10.0. The minimum absolute atomic E-state index is 0.0297. The lowest BCUT2D eigenvalue weighted by Gasteiger charge is -2.29. The van der Waals surface area contributed by atoms with Crippen LogP contribution in [0.2, 0.25) is 5.02 Å². The van der Waals surface area contributed by atoms with Crippen LogP contribution in [0.3, 0.4) is 0 Å². The maximum atomic E-state index is 13.3. The van der Waals surface area contributed by atoms with Crippen LogP contribution >= 0.6 is 11.6 Å². The first-order valence-corrected chi connectivity index (χ1v) is 13.3. The Labute approximate surface area is 224 Å². The van der Waals surface area contributed by atoms with E-state index in [9.17, 15) is 9.59 Å². The van der Waals surface area contributed by atoms with Gasteiger partial charge < -0.3 is 14.7 Å². The highest BCUT2D eigenvalue weighted by Gasteiger charge is 2.25. The lowest BCUT2D eigenvalue weighted by Crippen LogP contribution is -2.45. The fourth-order valence-corrected chi connectivity index (χ4v) is 4.54. The summed E-state index contributed by atoms with van der Waals surface area (Å²) in [7, 11) is 0. The molecule has 0 spiro atoms. The Bertz CT molecular complexity index is 1170. The molecule has 1 aliphatic rings. The molecule has 37 heavy (non-hydrogen) atoms. The van der Waals surface area contributed by atoms with Crippen LogP contribution in [0.15, 0.2) is 66.7 Å². The molecule has 7 nitrogen and oxygen atoms in total.